The van der Waals surface area contributed by atoms with Crippen LogP contribution in [-0.2, 0) is 4.79 Å². The highest BCUT2D eigenvalue weighted by atomic mass is 32.2. The van der Waals surface area contributed by atoms with Crippen LogP contribution in [0.1, 0.15) is 13.3 Å². The molecular weight excluding hydrogens is 236 g/mol. The Kier molecular flexibility index (Phi) is 5.86. The molecule has 1 rings (SSSR count). The summed E-state index contributed by atoms with van der Waals surface area (Å²) < 4.78 is 0. The van der Waals surface area contributed by atoms with Crippen LogP contribution in [0.2, 0.25) is 0 Å². The van der Waals surface area contributed by atoms with Gasteiger partial charge in [0.05, 0.1) is 16.6 Å². The molecule has 0 heterocycles. The van der Waals surface area contributed by atoms with E-state index in [1.54, 1.807) is 12.1 Å². The molecule has 5 heteroatoms. The molecule has 0 bridgehead atoms. The minimum Gasteiger partial charge on any atom is -0.397 e. The zero-order chi connectivity index (χ0) is 12.7. The third-order valence-electron chi connectivity index (χ3n) is 2.26. The van der Waals surface area contributed by atoms with Gasteiger partial charge in [0.1, 0.15) is 0 Å². The molecule has 4 nitrogen and oxygen atoms in total. The first-order valence-corrected chi connectivity index (χ1v) is 6.58. The number of amides is 1. The maximum Gasteiger partial charge on any atom is 0.237 e. The molecule has 94 valence electrons. The van der Waals surface area contributed by atoms with E-state index < -0.39 is 0 Å². The van der Waals surface area contributed by atoms with Gasteiger partial charge in [0.2, 0.25) is 5.91 Å². The molecule has 1 unspecified atom stereocenters. The van der Waals surface area contributed by atoms with Crippen molar-refractivity contribution in [1.29, 1.82) is 0 Å². The van der Waals surface area contributed by atoms with Crippen LogP contribution in [0.3, 0.4) is 0 Å². The number of nitrogens with one attached hydrogen (secondary N) is 1. The second-order valence-electron chi connectivity index (χ2n) is 3.67. The lowest BCUT2D eigenvalue weighted by molar-refractivity contribution is -0.115. The van der Waals surface area contributed by atoms with E-state index in [1.165, 1.54) is 11.8 Å². The molecule has 1 amide bonds. The first-order valence-electron chi connectivity index (χ1n) is 5.53. The van der Waals surface area contributed by atoms with Crippen LogP contribution in [0.25, 0.3) is 0 Å². The van der Waals surface area contributed by atoms with Gasteiger partial charge in [-0.05, 0) is 31.2 Å². The van der Waals surface area contributed by atoms with Crippen molar-refractivity contribution < 1.29 is 9.90 Å². The second kappa shape index (κ2) is 7.19. The van der Waals surface area contributed by atoms with Crippen LogP contribution in [0.5, 0.6) is 0 Å². The SMILES string of the molecule is CC(SCCCO)C(=O)Nc1ccccc1N. The summed E-state index contributed by atoms with van der Waals surface area (Å²) in [6, 6.07) is 7.18. The second-order valence-corrected chi connectivity index (χ2v) is 5.12. The fraction of sp³-hybridized carbons (Fsp3) is 0.417. The minimum atomic E-state index is -0.152. The Bertz CT molecular complexity index is 371. The highest BCUT2D eigenvalue weighted by Gasteiger charge is 2.13. The number of benzene rings is 1. The first-order chi connectivity index (χ1) is 8.15. The molecule has 1 aromatic carbocycles. The third kappa shape index (κ3) is 4.66. The smallest absolute Gasteiger partial charge is 0.237 e. The highest BCUT2D eigenvalue weighted by Crippen LogP contribution is 2.19. The number of carbonyl (C=O) groups excluding carboxylic acids is 1. The van der Waals surface area contributed by atoms with Gasteiger partial charge in [0.15, 0.2) is 0 Å². The number of hydrogen-bond acceptors (Lipinski definition) is 4. The minimum absolute atomic E-state index is 0.0640. The highest BCUT2D eigenvalue weighted by molar-refractivity contribution is 8.00. The molecule has 0 aliphatic rings. The van der Waals surface area contributed by atoms with E-state index in [4.69, 9.17) is 10.8 Å². The lowest BCUT2D eigenvalue weighted by Gasteiger charge is -2.12. The molecule has 0 aromatic heterocycles. The van der Waals surface area contributed by atoms with Crippen molar-refractivity contribution >= 4 is 29.0 Å². The van der Waals surface area contributed by atoms with Crippen LogP contribution in [0, 0.1) is 0 Å². The van der Waals surface area contributed by atoms with Crippen molar-refractivity contribution in [2.75, 3.05) is 23.4 Å². The summed E-state index contributed by atoms with van der Waals surface area (Å²) in [6.07, 6.45) is 0.704. The van der Waals surface area contributed by atoms with E-state index in [2.05, 4.69) is 5.32 Å². The summed E-state index contributed by atoms with van der Waals surface area (Å²) in [5.41, 5.74) is 6.94. The molecule has 0 spiro atoms. The van der Waals surface area contributed by atoms with Gasteiger partial charge in [-0.25, -0.2) is 0 Å². The summed E-state index contributed by atoms with van der Waals surface area (Å²) in [5, 5.41) is 11.3. The maximum absolute atomic E-state index is 11.8. The molecule has 17 heavy (non-hydrogen) atoms. The zero-order valence-electron chi connectivity index (χ0n) is 9.85. The number of carbonyl (C=O) groups is 1. The van der Waals surface area contributed by atoms with Gasteiger partial charge in [-0.2, -0.15) is 0 Å². The topological polar surface area (TPSA) is 75.3 Å². The summed E-state index contributed by atoms with van der Waals surface area (Å²) in [4.78, 5) is 11.8. The van der Waals surface area contributed by atoms with Crippen molar-refractivity contribution in [3.05, 3.63) is 24.3 Å². The van der Waals surface area contributed by atoms with Crippen molar-refractivity contribution in [3.63, 3.8) is 0 Å². The van der Waals surface area contributed by atoms with Gasteiger partial charge in [0.25, 0.3) is 0 Å². The van der Waals surface area contributed by atoms with Gasteiger partial charge in [-0.1, -0.05) is 12.1 Å². The first kappa shape index (κ1) is 13.9. The monoisotopic (exact) mass is 254 g/mol. The number of aliphatic hydroxyl groups excluding tert-OH is 1. The van der Waals surface area contributed by atoms with Crippen LogP contribution in [0.15, 0.2) is 24.3 Å². The predicted molar refractivity (Wildman–Crippen MR) is 73.1 cm³/mol. The lowest BCUT2D eigenvalue weighted by atomic mass is 10.2. The van der Waals surface area contributed by atoms with Crippen molar-refractivity contribution in [2.24, 2.45) is 0 Å². The normalized spacial score (nSPS) is 12.1. The summed E-state index contributed by atoms with van der Waals surface area (Å²) in [5.74, 6) is 0.709. The molecule has 4 N–H and O–H groups in total. The Morgan fingerprint density at radius 1 is 1.53 bits per heavy atom. The molecular formula is C12H18N2O2S. The number of thioether (sulfide) groups is 1. The number of hydrogen-bond donors (Lipinski definition) is 3. The Hall–Kier alpha value is -1.20. The fourth-order valence-corrected chi connectivity index (χ4v) is 2.11. The molecule has 0 saturated heterocycles. The van der Waals surface area contributed by atoms with Crippen molar-refractivity contribution in [3.8, 4) is 0 Å². The summed E-state index contributed by atoms with van der Waals surface area (Å²) in [7, 11) is 0. The average Bonchev–Trinajstić information content (AvgIpc) is 2.32. The number of nitrogens with two attached hydrogens (primary N) is 1. The van der Waals surface area contributed by atoms with E-state index in [0.717, 1.165) is 5.75 Å². The number of rotatable bonds is 6. The quantitative estimate of drug-likeness (QED) is 0.533. The zero-order valence-corrected chi connectivity index (χ0v) is 10.7. The number of anilines is 2. The number of nitrogen functional groups attached to an aromatic ring is 1. The average molecular weight is 254 g/mol. The van der Waals surface area contributed by atoms with Gasteiger partial charge in [-0.3, -0.25) is 4.79 Å². The van der Waals surface area contributed by atoms with Crippen LogP contribution < -0.4 is 11.1 Å². The van der Waals surface area contributed by atoms with Gasteiger partial charge in [-0.15, -0.1) is 11.8 Å². The molecule has 1 atom stereocenters. The van der Waals surface area contributed by atoms with E-state index >= 15 is 0 Å². The summed E-state index contributed by atoms with van der Waals surface area (Å²) in [6.45, 7) is 2.00. The van der Waals surface area contributed by atoms with E-state index in [0.29, 0.717) is 17.8 Å². The molecule has 0 aliphatic carbocycles. The Balaban J connectivity index is 2.46. The van der Waals surface area contributed by atoms with Crippen LogP contribution >= 0.6 is 11.8 Å². The standard InChI is InChI=1S/C12H18N2O2S/c1-9(17-8-4-7-15)12(16)14-11-6-3-2-5-10(11)13/h2-3,5-6,9,15H,4,7-8,13H2,1H3,(H,14,16). The molecule has 0 fully saturated rings. The molecule has 1 aromatic rings. The largest absolute Gasteiger partial charge is 0.397 e. The third-order valence-corrected chi connectivity index (χ3v) is 3.50. The number of aliphatic hydroxyl groups is 1. The molecule has 0 aliphatic heterocycles. The Morgan fingerprint density at radius 3 is 2.88 bits per heavy atom. The molecule has 0 saturated carbocycles. The number of para-hydroxylation sites is 2. The maximum atomic E-state index is 11.8. The Labute approximate surface area is 106 Å². The van der Waals surface area contributed by atoms with Crippen LogP contribution in [-0.4, -0.2) is 28.6 Å². The fourth-order valence-electron chi connectivity index (χ4n) is 1.25. The molecule has 0 radical (unpaired) electrons. The van der Waals surface area contributed by atoms with E-state index in [-0.39, 0.29) is 17.8 Å². The Morgan fingerprint density at radius 2 is 2.24 bits per heavy atom. The van der Waals surface area contributed by atoms with Crippen LogP contribution in [0.4, 0.5) is 11.4 Å². The van der Waals surface area contributed by atoms with Gasteiger partial charge >= 0.3 is 0 Å². The van der Waals surface area contributed by atoms with Crippen molar-refractivity contribution in [2.45, 2.75) is 18.6 Å². The summed E-state index contributed by atoms with van der Waals surface area (Å²) >= 11 is 1.52. The van der Waals surface area contributed by atoms with Gasteiger partial charge in [0, 0.05) is 6.61 Å². The lowest BCUT2D eigenvalue weighted by Crippen LogP contribution is -2.23. The van der Waals surface area contributed by atoms with Crippen molar-refractivity contribution in [1.82, 2.24) is 0 Å². The predicted octanol–water partition coefficient (Wildman–Crippen LogP) is 1.71. The van der Waals surface area contributed by atoms with E-state index in [9.17, 15) is 4.79 Å². The van der Waals surface area contributed by atoms with E-state index in [1.807, 2.05) is 19.1 Å². The van der Waals surface area contributed by atoms with Gasteiger partial charge < -0.3 is 16.2 Å².